The largest absolute Gasteiger partial charge is 0.300 e. The highest BCUT2D eigenvalue weighted by atomic mass is 32.1. The second-order valence-corrected chi connectivity index (χ2v) is 10.0. The number of fused-ring (bicyclic) bond motifs is 2. The molecule has 7 rings (SSSR count). The fraction of sp³-hybridized carbons (Fsp3) is 0. The van der Waals surface area contributed by atoms with Crippen molar-refractivity contribution in [2.24, 2.45) is 0 Å². The fourth-order valence-electron chi connectivity index (χ4n) is 4.59. The van der Waals surface area contributed by atoms with Crippen LogP contribution >= 0.6 is 11.3 Å². The van der Waals surface area contributed by atoms with Crippen LogP contribution in [-0.4, -0.2) is 24.4 Å². The van der Waals surface area contributed by atoms with Gasteiger partial charge in [0.1, 0.15) is 5.69 Å². The van der Waals surface area contributed by atoms with Gasteiger partial charge in [0.2, 0.25) is 4.96 Å². The summed E-state index contributed by atoms with van der Waals surface area (Å²) in [7, 11) is 0. The maximum atomic E-state index is 13.4. The molecule has 0 unspecified atom stereocenters. The zero-order valence-corrected chi connectivity index (χ0v) is 21.2. The lowest BCUT2D eigenvalue weighted by Gasteiger charge is -2.03. The van der Waals surface area contributed by atoms with E-state index in [9.17, 15) is 9.59 Å². The molecular weight excluding hydrogens is 506 g/mol. The molecule has 3 heterocycles. The van der Waals surface area contributed by atoms with Crippen LogP contribution in [0.3, 0.4) is 0 Å². The number of nitrogens with zero attached hydrogens (tertiary/aromatic N) is 5. The summed E-state index contributed by atoms with van der Waals surface area (Å²) in [6.07, 6.45) is 3.70. The molecule has 0 spiro atoms. The highest BCUT2D eigenvalue weighted by Gasteiger charge is 2.15. The first-order chi connectivity index (χ1) is 19.1. The van der Waals surface area contributed by atoms with Gasteiger partial charge < -0.3 is 0 Å². The van der Waals surface area contributed by atoms with Crippen LogP contribution in [0.5, 0.6) is 0 Å². The first kappa shape index (κ1) is 22.9. The third kappa shape index (κ3) is 4.13. The lowest BCUT2D eigenvalue weighted by molar-refractivity contribution is 0.873. The molecule has 0 saturated heterocycles. The lowest BCUT2D eigenvalue weighted by Crippen LogP contribution is -2.26. The van der Waals surface area contributed by atoms with Gasteiger partial charge in [-0.05, 0) is 35.0 Å². The minimum Gasteiger partial charge on any atom is -0.266 e. The van der Waals surface area contributed by atoms with Gasteiger partial charge >= 0.3 is 5.56 Å². The minimum atomic E-state index is -0.470. The third-order valence-electron chi connectivity index (χ3n) is 6.51. The van der Waals surface area contributed by atoms with Crippen LogP contribution in [0.1, 0.15) is 5.56 Å². The Hall–Kier alpha value is -5.21. The molecule has 0 fully saturated rings. The maximum Gasteiger partial charge on any atom is 0.300 e. The Kier molecular flexibility index (Phi) is 5.45. The van der Waals surface area contributed by atoms with Gasteiger partial charge in [0.05, 0.1) is 10.2 Å². The van der Waals surface area contributed by atoms with Crippen LogP contribution < -0.4 is 15.7 Å². The number of hydrogen-bond donors (Lipinski definition) is 0. The molecule has 7 aromatic rings. The molecule has 0 atom stereocenters. The van der Waals surface area contributed by atoms with Gasteiger partial charge in [0.25, 0.3) is 5.56 Å². The summed E-state index contributed by atoms with van der Waals surface area (Å²) >= 11 is 1.13. The van der Waals surface area contributed by atoms with Gasteiger partial charge in [-0.3, -0.25) is 9.59 Å². The van der Waals surface area contributed by atoms with E-state index in [0.29, 0.717) is 10.1 Å². The summed E-state index contributed by atoms with van der Waals surface area (Å²) in [5.74, 6) is 0. The molecular formula is C31H19N5O2S. The zero-order chi connectivity index (χ0) is 26.3. The van der Waals surface area contributed by atoms with E-state index in [-0.39, 0.29) is 16.2 Å². The second kappa shape index (κ2) is 9.27. The van der Waals surface area contributed by atoms with Crippen LogP contribution in [0.2, 0.25) is 0 Å². The molecule has 8 heteroatoms. The Morgan fingerprint density at radius 1 is 0.692 bits per heavy atom. The van der Waals surface area contributed by atoms with Crippen molar-refractivity contribution < 1.29 is 0 Å². The number of thiazole rings is 1. The average molecular weight is 526 g/mol. The molecule has 7 nitrogen and oxygen atoms in total. The SMILES string of the molecule is O=c1nc2s/c(=C\c3cn(-c4ccccc4)nc3-c3ccc4ccccc4c3)c(=O)n2nc1-c1ccccc1. The second-order valence-electron chi connectivity index (χ2n) is 9.02. The number of para-hydroxylation sites is 1. The summed E-state index contributed by atoms with van der Waals surface area (Å²) in [5, 5.41) is 11.5. The van der Waals surface area contributed by atoms with Gasteiger partial charge in [-0.25, -0.2) is 4.68 Å². The molecule has 0 bridgehead atoms. The monoisotopic (exact) mass is 525 g/mol. The van der Waals surface area contributed by atoms with Gasteiger partial charge in [0, 0.05) is 22.9 Å². The van der Waals surface area contributed by atoms with Crippen molar-refractivity contribution in [3.63, 3.8) is 0 Å². The first-order valence-corrected chi connectivity index (χ1v) is 13.1. The minimum absolute atomic E-state index is 0.142. The van der Waals surface area contributed by atoms with E-state index in [2.05, 4.69) is 34.3 Å². The first-order valence-electron chi connectivity index (χ1n) is 12.3. The summed E-state index contributed by atoms with van der Waals surface area (Å²) < 4.78 is 3.42. The van der Waals surface area contributed by atoms with Crippen molar-refractivity contribution in [1.82, 2.24) is 24.4 Å². The number of aromatic nitrogens is 5. The predicted octanol–water partition coefficient (Wildman–Crippen LogP) is 4.73. The van der Waals surface area contributed by atoms with Crippen molar-refractivity contribution >= 4 is 33.1 Å². The van der Waals surface area contributed by atoms with Crippen molar-refractivity contribution in [2.75, 3.05) is 0 Å². The highest BCUT2D eigenvalue weighted by molar-refractivity contribution is 7.15. The van der Waals surface area contributed by atoms with Crippen LogP contribution in [-0.2, 0) is 0 Å². The summed E-state index contributed by atoms with van der Waals surface area (Å²) in [6.45, 7) is 0. The molecule has 39 heavy (non-hydrogen) atoms. The summed E-state index contributed by atoms with van der Waals surface area (Å²) in [5.41, 5.74) is 3.29. The number of hydrogen-bond acceptors (Lipinski definition) is 6. The molecule has 0 aliphatic heterocycles. The molecule has 4 aromatic carbocycles. The number of rotatable bonds is 4. The van der Waals surface area contributed by atoms with Crippen LogP contribution in [0.4, 0.5) is 0 Å². The van der Waals surface area contributed by atoms with Crippen molar-refractivity contribution in [3.8, 4) is 28.2 Å². The van der Waals surface area contributed by atoms with Crippen LogP contribution in [0, 0.1) is 0 Å². The van der Waals surface area contributed by atoms with Gasteiger partial charge in [0.15, 0.2) is 5.69 Å². The Labute approximate surface area is 225 Å². The smallest absolute Gasteiger partial charge is 0.266 e. The topological polar surface area (TPSA) is 82.1 Å². The van der Waals surface area contributed by atoms with E-state index >= 15 is 0 Å². The average Bonchev–Trinajstić information content (AvgIpc) is 3.54. The molecule has 0 amide bonds. The summed E-state index contributed by atoms with van der Waals surface area (Å²) in [6, 6.07) is 33.2. The van der Waals surface area contributed by atoms with E-state index in [1.165, 1.54) is 4.52 Å². The Bertz CT molecular complexity index is 2170. The van der Waals surface area contributed by atoms with Crippen molar-refractivity contribution in [2.45, 2.75) is 0 Å². The highest BCUT2D eigenvalue weighted by Crippen LogP contribution is 2.28. The van der Waals surface area contributed by atoms with Crippen molar-refractivity contribution in [1.29, 1.82) is 0 Å². The van der Waals surface area contributed by atoms with Crippen molar-refractivity contribution in [3.05, 3.63) is 140 Å². The zero-order valence-electron chi connectivity index (χ0n) is 20.4. The van der Waals surface area contributed by atoms with E-state index in [4.69, 9.17) is 5.10 Å². The van der Waals surface area contributed by atoms with Crippen LogP contribution in [0.25, 0.3) is 50.0 Å². The molecule has 3 aromatic heterocycles. The molecule has 0 aliphatic rings. The van der Waals surface area contributed by atoms with Crippen LogP contribution in [0.15, 0.2) is 119 Å². The quantitative estimate of drug-likeness (QED) is 0.332. The van der Waals surface area contributed by atoms with E-state index in [1.54, 1.807) is 22.9 Å². The Morgan fingerprint density at radius 3 is 2.21 bits per heavy atom. The predicted molar refractivity (Wildman–Crippen MR) is 154 cm³/mol. The molecule has 0 radical (unpaired) electrons. The molecule has 0 N–H and O–H groups in total. The normalized spacial score (nSPS) is 11.9. The molecule has 186 valence electrons. The third-order valence-corrected chi connectivity index (χ3v) is 7.46. The number of benzene rings is 4. The Balaban J connectivity index is 1.43. The van der Waals surface area contributed by atoms with Gasteiger partial charge in [-0.2, -0.15) is 19.7 Å². The van der Waals surface area contributed by atoms with E-state index in [0.717, 1.165) is 44.6 Å². The molecule has 0 aliphatic carbocycles. The van der Waals surface area contributed by atoms with E-state index in [1.807, 2.05) is 72.9 Å². The van der Waals surface area contributed by atoms with Gasteiger partial charge in [-0.1, -0.05) is 96.3 Å². The Morgan fingerprint density at radius 2 is 1.41 bits per heavy atom. The van der Waals surface area contributed by atoms with Gasteiger partial charge in [-0.15, -0.1) is 0 Å². The fourth-order valence-corrected chi connectivity index (χ4v) is 5.49. The lowest BCUT2D eigenvalue weighted by atomic mass is 10.0. The standard InChI is InChI=1S/C31H19N5O2S/c37-29-28(21-10-3-1-4-11-21)34-36-30(38)26(39-31(36)32-29)18-24-19-35(25-13-5-2-6-14-25)33-27(24)23-16-15-20-9-7-8-12-22(20)17-23/h1-19H/b26-18-. The summed E-state index contributed by atoms with van der Waals surface area (Å²) in [4.78, 5) is 30.6. The molecule has 0 saturated carbocycles. The van der Waals surface area contributed by atoms with E-state index < -0.39 is 5.56 Å². The maximum absolute atomic E-state index is 13.4.